The third-order valence-corrected chi connectivity index (χ3v) is 2.93. The molecule has 19 heavy (non-hydrogen) atoms. The number of rotatable bonds is 6. The van der Waals surface area contributed by atoms with Crippen molar-refractivity contribution in [3.63, 3.8) is 0 Å². The number of carbonyl (C=O) groups excluding carboxylic acids is 1. The maximum absolute atomic E-state index is 11.0. The van der Waals surface area contributed by atoms with E-state index < -0.39 is 5.91 Å². The van der Waals surface area contributed by atoms with E-state index in [1.165, 1.54) is 6.33 Å². The van der Waals surface area contributed by atoms with Crippen molar-refractivity contribution in [2.24, 2.45) is 5.73 Å². The van der Waals surface area contributed by atoms with Crippen molar-refractivity contribution < 1.29 is 9.32 Å². The molecule has 1 aromatic heterocycles. The second-order valence-electron chi connectivity index (χ2n) is 3.93. The first-order valence-corrected chi connectivity index (χ1v) is 6.09. The van der Waals surface area contributed by atoms with Gasteiger partial charge < -0.3 is 15.6 Å². The van der Waals surface area contributed by atoms with Gasteiger partial charge in [-0.05, 0) is 17.7 Å². The molecule has 1 heterocycles. The predicted octanol–water partition coefficient (Wildman–Crippen LogP) is 1.15. The van der Waals surface area contributed by atoms with Crippen molar-refractivity contribution in [2.45, 2.75) is 13.0 Å². The van der Waals surface area contributed by atoms with Gasteiger partial charge in [0.05, 0.1) is 0 Å². The minimum Gasteiger partial charge on any atom is -0.366 e. The van der Waals surface area contributed by atoms with Crippen LogP contribution in [0.1, 0.15) is 21.8 Å². The van der Waals surface area contributed by atoms with Gasteiger partial charge in [0, 0.05) is 30.1 Å². The summed E-state index contributed by atoms with van der Waals surface area (Å²) in [7, 11) is 0. The van der Waals surface area contributed by atoms with E-state index in [2.05, 4.69) is 15.5 Å². The molecule has 0 saturated carbocycles. The summed E-state index contributed by atoms with van der Waals surface area (Å²) in [6, 6.07) is 5.00. The molecular weight excluding hydrogens is 268 g/mol. The zero-order chi connectivity index (χ0) is 13.7. The molecule has 1 amide bonds. The Kier molecular flexibility index (Phi) is 4.48. The molecule has 0 aliphatic rings. The van der Waals surface area contributed by atoms with Gasteiger partial charge in [-0.15, -0.1) is 0 Å². The summed E-state index contributed by atoms with van der Waals surface area (Å²) in [5.74, 6) is 0.0977. The molecule has 0 saturated heterocycles. The zero-order valence-electron chi connectivity index (χ0n) is 10.1. The highest BCUT2D eigenvalue weighted by Crippen LogP contribution is 2.17. The molecule has 0 radical (unpaired) electrons. The molecule has 0 fully saturated rings. The van der Waals surface area contributed by atoms with Gasteiger partial charge >= 0.3 is 0 Å². The largest absolute Gasteiger partial charge is 0.366 e. The van der Waals surface area contributed by atoms with Crippen molar-refractivity contribution in [3.05, 3.63) is 46.6 Å². The van der Waals surface area contributed by atoms with Crippen LogP contribution < -0.4 is 11.1 Å². The van der Waals surface area contributed by atoms with E-state index in [0.29, 0.717) is 36.0 Å². The number of aromatic nitrogens is 2. The first-order valence-electron chi connectivity index (χ1n) is 5.71. The Morgan fingerprint density at radius 2 is 2.32 bits per heavy atom. The number of halogens is 1. The summed E-state index contributed by atoms with van der Waals surface area (Å²) in [5, 5.41) is 7.24. The highest BCUT2D eigenvalue weighted by atomic mass is 35.5. The number of benzene rings is 1. The summed E-state index contributed by atoms with van der Waals surface area (Å²) < 4.78 is 4.87. The van der Waals surface area contributed by atoms with Crippen LogP contribution in [0.5, 0.6) is 0 Å². The van der Waals surface area contributed by atoms with E-state index in [0.717, 1.165) is 5.56 Å². The van der Waals surface area contributed by atoms with Gasteiger partial charge in [-0.3, -0.25) is 4.79 Å². The van der Waals surface area contributed by atoms with Crippen LogP contribution in [0.2, 0.25) is 5.02 Å². The maximum atomic E-state index is 11.0. The molecule has 2 rings (SSSR count). The Morgan fingerprint density at radius 1 is 1.47 bits per heavy atom. The number of amides is 1. The molecule has 2 aromatic rings. The van der Waals surface area contributed by atoms with Crippen molar-refractivity contribution in [1.29, 1.82) is 0 Å². The lowest BCUT2D eigenvalue weighted by molar-refractivity contribution is 0.100. The minimum atomic E-state index is -0.488. The Labute approximate surface area is 114 Å². The highest BCUT2D eigenvalue weighted by molar-refractivity contribution is 6.31. The van der Waals surface area contributed by atoms with Gasteiger partial charge in [0.15, 0.2) is 6.33 Å². The van der Waals surface area contributed by atoms with Crippen LogP contribution in [0.25, 0.3) is 0 Å². The molecule has 3 N–H and O–H groups in total. The molecule has 0 bridgehead atoms. The molecule has 0 aliphatic heterocycles. The summed E-state index contributed by atoms with van der Waals surface area (Å²) in [6.07, 6.45) is 2.02. The normalized spacial score (nSPS) is 10.6. The number of primary amides is 1. The van der Waals surface area contributed by atoms with E-state index in [4.69, 9.17) is 21.9 Å². The summed E-state index contributed by atoms with van der Waals surface area (Å²) >= 11 is 6.06. The number of nitrogens with zero attached hydrogens (tertiary/aromatic N) is 2. The van der Waals surface area contributed by atoms with Crippen molar-refractivity contribution in [1.82, 2.24) is 15.5 Å². The fourth-order valence-electron chi connectivity index (χ4n) is 1.57. The lowest BCUT2D eigenvalue weighted by Gasteiger charge is -2.06. The van der Waals surface area contributed by atoms with E-state index in [1.807, 2.05) is 0 Å². The van der Waals surface area contributed by atoms with E-state index >= 15 is 0 Å². The maximum Gasteiger partial charge on any atom is 0.248 e. The van der Waals surface area contributed by atoms with Crippen LogP contribution in [0, 0.1) is 0 Å². The predicted molar refractivity (Wildman–Crippen MR) is 69.7 cm³/mol. The molecule has 100 valence electrons. The van der Waals surface area contributed by atoms with Crippen LogP contribution in [0.3, 0.4) is 0 Å². The smallest absolute Gasteiger partial charge is 0.248 e. The van der Waals surface area contributed by atoms with Crippen LogP contribution in [0.4, 0.5) is 0 Å². The van der Waals surface area contributed by atoms with E-state index in [-0.39, 0.29) is 0 Å². The summed E-state index contributed by atoms with van der Waals surface area (Å²) in [5.41, 5.74) is 6.47. The zero-order valence-corrected chi connectivity index (χ0v) is 10.9. The van der Waals surface area contributed by atoms with E-state index in [1.54, 1.807) is 18.2 Å². The fraction of sp³-hybridized carbons (Fsp3) is 0.250. The average molecular weight is 281 g/mol. The lowest BCUT2D eigenvalue weighted by atomic mass is 10.1. The second-order valence-corrected chi connectivity index (χ2v) is 4.34. The lowest BCUT2D eigenvalue weighted by Crippen LogP contribution is -2.17. The summed E-state index contributed by atoms with van der Waals surface area (Å²) in [6.45, 7) is 1.28. The Bertz CT molecular complexity index is 557. The molecule has 7 heteroatoms. The van der Waals surface area contributed by atoms with Gasteiger partial charge in [-0.1, -0.05) is 22.8 Å². The molecule has 0 spiro atoms. The van der Waals surface area contributed by atoms with Crippen LogP contribution >= 0.6 is 11.6 Å². The SMILES string of the molecule is NC(=O)c1ccc(CNCCc2ncno2)c(Cl)c1. The number of nitrogens with one attached hydrogen (secondary N) is 1. The molecule has 6 nitrogen and oxygen atoms in total. The van der Waals surface area contributed by atoms with Crippen molar-refractivity contribution in [2.75, 3.05) is 6.54 Å². The third-order valence-electron chi connectivity index (χ3n) is 2.58. The van der Waals surface area contributed by atoms with Crippen LogP contribution in [-0.2, 0) is 13.0 Å². The quantitative estimate of drug-likeness (QED) is 0.774. The first kappa shape index (κ1) is 13.5. The van der Waals surface area contributed by atoms with E-state index in [9.17, 15) is 4.79 Å². The number of carbonyl (C=O) groups is 1. The first-order chi connectivity index (χ1) is 9.16. The highest BCUT2D eigenvalue weighted by Gasteiger charge is 2.05. The van der Waals surface area contributed by atoms with Crippen LogP contribution in [-0.4, -0.2) is 22.6 Å². The average Bonchev–Trinajstić information content (AvgIpc) is 2.89. The molecule has 0 atom stereocenters. The monoisotopic (exact) mass is 280 g/mol. The van der Waals surface area contributed by atoms with Gasteiger partial charge in [-0.2, -0.15) is 4.98 Å². The number of hydrogen-bond donors (Lipinski definition) is 2. The molecule has 0 aliphatic carbocycles. The minimum absolute atomic E-state index is 0.402. The standard InChI is InChI=1S/C12H13ClN4O2/c13-10-5-8(12(14)18)1-2-9(10)6-15-4-3-11-16-7-17-19-11/h1-2,5,7,15H,3-4,6H2,(H2,14,18). The van der Waals surface area contributed by atoms with Crippen LogP contribution in [0.15, 0.2) is 29.0 Å². The Hall–Kier alpha value is -1.92. The third kappa shape index (κ3) is 3.77. The number of nitrogens with two attached hydrogens (primary N) is 1. The Balaban J connectivity index is 1.84. The molecule has 1 aromatic carbocycles. The summed E-state index contributed by atoms with van der Waals surface area (Å²) in [4.78, 5) is 14.9. The van der Waals surface area contributed by atoms with Gasteiger partial charge in [-0.25, -0.2) is 0 Å². The van der Waals surface area contributed by atoms with Crippen molar-refractivity contribution in [3.8, 4) is 0 Å². The second kappa shape index (κ2) is 6.31. The molecule has 0 unspecified atom stereocenters. The van der Waals surface area contributed by atoms with Crippen molar-refractivity contribution >= 4 is 17.5 Å². The topological polar surface area (TPSA) is 94.0 Å². The van der Waals surface area contributed by atoms with Gasteiger partial charge in [0.2, 0.25) is 11.8 Å². The fourth-order valence-corrected chi connectivity index (χ4v) is 1.82. The Morgan fingerprint density at radius 3 is 2.95 bits per heavy atom. The molecular formula is C12H13ClN4O2. The van der Waals surface area contributed by atoms with Gasteiger partial charge in [0.25, 0.3) is 0 Å². The number of hydrogen-bond acceptors (Lipinski definition) is 5. The van der Waals surface area contributed by atoms with Gasteiger partial charge in [0.1, 0.15) is 0 Å².